The van der Waals surface area contributed by atoms with Crippen LogP contribution in [0, 0.1) is 6.92 Å². The summed E-state index contributed by atoms with van der Waals surface area (Å²) in [4.78, 5) is 40.3. The lowest BCUT2D eigenvalue weighted by Gasteiger charge is -2.34. The van der Waals surface area contributed by atoms with Crippen molar-refractivity contribution >= 4 is 17.8 Å². The molecule has 0 atom stereocenters. The van der Waals surface area contributed by atoms with Crippen molar-refractivity contribution in [3.05, 3.63) is 41.6 Å². The maximum absolute atomic E-state index is 13.1. The molecule has 0 unspecified atom stereocenters. The van der Waals surface area contributed by atoms with Crippen LogP contribution in [-0.2, 0) is 0 Å². The quantitative estimate of drug-likeness (QED) is 0.791. The average molecular weight is 397 g/mol. The van der Waals surface area contributed by atoms with E-state index in [1.165, 1.54) is 19.1 Å². The number of rotatable bonds is 3. The Bertz CT molecular complexity index is 851. The molecule has 4 heterocycles. The second-order valence-corrected chi connectivity index (χ2v) is 7.66. The van der Waals surface area contributed by atoms with Gasteiger partial charge < -0.3 is 19.1 Å². The molecular weight excluding hydrogens is 370 g/mol. The van der Waals surface area contributed by atoms with Gasteiger partial charge in [0.05, 0.1) is 6.26 Å². The van der Waals surface area contributed by atoms with E-state index < -0.39 is 0 Å². The van der Waals surface area contributed by atoms with Crippen LogP contribution in [0.2, 0.25) is 0 Å². The van der Waals surface area contributed by atoms with E-state index in [0.717, 1.165) is 31.6 Å². The van der Waals surface area contributed by atoms with Crippen LogP contribution >= 0.6 is 0 Å². The van der Waals surface area contributed by atoms with Gasteiger partial charge in [0.25, 0.3) is 11.8 Å². The van der Waals surface area contributed by atoms with Crippen LogP contribution in [0.1, 0.15) is 52.4 Å². The molecule has 8 nitrogen and oxygen atoms in total. The van der Waals surface area contributed by atoms with E-state index >= 15 is 0 Å². The van der Waals surface area contributed by atoms with E-state index in [9.17, 15) is 9.59 Å². The third kappa shape index (κ3) is 4.41. The number of anilines is 1. The summed E-state index contributed by atoms with van der Waals surface area (Å²) in [5.41, 5.74) is 1.23. The van der Waals surface area contributed by atoms with Crippen molar-refractivity contribution in [2.75, 3.05) is 44.2 Å². The number of hydrogen-bond acceptors (Lipinski definition) is 6. The number of hydrogen-bond donors (Lipinski definition) is 0. The summed E-state index contributed by atoms with van der Waals surface area (Å²) in [7, 11) is 0. The minimum Gasteiger partial charge on any atom is -0.459 e. The SMILES string of the molecule is Cc1cc(C(=O)N2CCN(C(=O)c3ccco3)CC2)nc(N2CCCCCC2)n1. The smallest absolute Gasteiger partial charge is 0.289 e. The number of furan rings is 1. The van der Waals surface area contributed by atoms with Crippen LogP contribution in [-0.4, -0.2) is 70.9 Å². The molecule has 0 saturated carbocycles. The molecule has 8 heteroatoms. The fourth-order valence-corrected chi connectivity index (χ4v) is 3.91. The molecule has 154 valence electrons. The second kappa shape index (κ2) is 8.63. The topological polar surface area (TPSA) is 82.8 Å². The number of carbonyl (C=O) groups excluding carboxylic acids is 2. The molecule has 2 aromatic heterocycles. The Morgan fingerprint density at radius 3 is 2.17 bits per heavy atom. The summed E-state index contributed by atoms with van der Waals surface area (Å²) < 4.78 is 5.19. The molecule has 2 aliphatic rings. The van der Waals surface area contributed by atoms with E-state index in [1.807, 2.05) is 6.92 Å². The molecular formula is C21H27N5O3. The Balaban J connectivity index is 1.42. The predicted molar refractivity (Wildman–Crippen MR) is 108 cm³/mol. The summed E-state index contributed by atoms with van der Waals surface area (Å²) >= 11 is 0. The normalized spacial score (nSPS) is 17.9. The first-order valence-corrected chi connectivity index (χ1v) is 10.3. The lowest BCUT2D eigenvalue weighted by atomic mass is 10.2. The first kappa shape index (κ1) is 19.4. The molecule has 29 heavy (non-hydrogen) atoms. The summed E-state index contributed by atoms with van der Waals surface area (Å²) in [6, 6.07) is 5.12. The zero-order chi connectivity index (χ0) is 20.2. The second-order valence-electron chi connectivity index (χ2n) is 7.66. The Morgan fingerprint density at radius 2 is 1.55 bits per heavy atom. The molecule has 2 saturated heterocycles. The number of amides is 2. The van der Waals surface area contributed by atoms with Gasteiger partial charge in [-0.3, -0.25) is 9.59 Å². The van der Waals surface area contributed by atoms with Gasteiger partial charge in [0.1, 0.15) is 5.69 Å². The monoisotopic (exact) mass is 397 g/mol. The van der Waals surface area contributed by atoms with Crippen molar-refractivity contribution in [1.82, 2.24) is 19.8 Å². The van der Waals surface area contributed by atoms with Crippen molar-refractivity contribution in [1.29, 1.82) is 0 Å². The van der Waals surface area contributed by atoms with Crippen LogP contribution in [0.3, 0.4) is 0 Å². The molecule has 2 aliphatic heterocycles. The molecule has 0 bridgehead atoms. The maximum atomic E-state index is 13.1. The zero-order valence-corrected chi connectivity index (χ0v) is 16.8. The molecule has 2 aromatic rings. The third-order valence-corrected chi connectivity index (χ3v) is 5.54. The summed E-state index contributed by atoms with van der Waals surface area (Å²) in [6.07, 6.45) is 6.22. The van der Waals surface area contributed by atoms with E-state index in [0.29, 0.717) is 43.6 Å². The Hall–Kier alpha value is -2.90. The first-order chi connectivity index (χ1) is 14.1. The van der Waals surface area contributed by atoms with Gasteiger partial charge in [-0.1, -0.05) is 12.8 Å². The Kier molecular flexibility index (Phi) is 5.78. The molecule has 0 aromatic carbocycles. The highest BCUT2D eigenvalue weighted by Crippen LogP contribution is 2.18. The fourth-order valence-electron chi connectivity index (χ4n) is 3.91. The largest absolute Gasteiger partial charge is 0.459 e. The van der Waals surface area contributed by atoms with E-state index in [-0.39, 0.29) is 11.8 Å². The van der Waals surface area contributed by atoms with Crippen molar-refractivity contribution in [2.24, 2.45) is 0 Å². The highest BCUT2D eigenvalue weighted by atomic mass is 16.3. The number of carbonyl (C=O) groups is 2. The number of nitrogens with zero attached hydrogens (tertiary/aromatic N) is 5. The number of piperazine rings is 1. The molecule has 2 amide bonds. The van der Waals surface area contributed by atoms with Crippen LogP contribution in [0.4, 0.5) is 5.95 Å². The fraction of sp³-hybridized carbons (Fsp3) is 0.524. The van der Waals surface area contributed by atoms with Gasteiger partial charge >= 0.3 is 0 Å². The lowest BCUT2D eigenvalue weighted by molar-refractivity contribution is 0.0515. The average Bonchev–Trinajstić information content (AvgIpc) is 3.14. The molecule has 0 N–H and O–H groups in total. The molecule has 0 radical (unpaired) electrons. The van der Waals surface area contributed by atoms with Crippen molar-refractivity contribution < 1.29 is 14.0 Å². The Morgan fingerprint density at radius 1 is 0.897 bits per heavy atom. The first-order valence-electron chi connectivity index (χ1n) is 10.3. The summed E-state index contributed by atoms with van der Waals surface area (Å²) in [5, 5.41) is 0. The van der Waals surface area contributed by atoms with Crippen molar-refractivity contribution in [2.45, 2.75) is 32.6 Å². The molecule has 2 fully saturated rings. The maximum Gasteiger partial charge on any atom is 0.289 e. The minimum atomic E-state index is -0.136. The van der Waals surface area contributed by atoms with Crippen LogP contribution < -0.4 is 4.90 Å². The highest BCUT2D eigenvalue weighted by Gasteiger charge is 2.28. The van der Waals surface area contributed by atoms with Crippen LogP contribution in [0.5, 0.6) is 0 Å². The number of aryl methyl sites for hydroxylation is 1. The molecule has 0 spiro atoms. The van der Waals surface area contributed by atoms with E-state index in [1.54, 1.807) is 28.0 Å². The van der Waals surface area contributed by atoms with Gasteiger partial charge in [0.15, 0.2) is 5.76 Å². The molecule has 0 aliphatic carbocycles. The number of aromatic nitrogens is 2. The van der Waals surface area contributed by atoms with Crippen molar-refractivity contribution in [3.8, 4) is 0 Å². The van der Waals surface area contributed by atoms with Gasteiger partial charge in [-0.05, 0) is 38.0 Å². The van der Waals surface area contributed by atoms with Crippen LogP contribution in [0.15, 0.2) is 28.9 Å². The standard InChI is InChI=1S/C21H27N5O3/c1-16-15-17(23-21(22-16)26-8-4-2-3-5-9-26)19(27)24-10-12-25(13-11-24)20(28)18-7-6-14-29-18/h6-7,14-15H,2-5,8-13H2,1H3. The van der Waals surface area contributed by atoms with Crippen LogP contribution in [0.25, 0.3) is 0 Å². The van der Waals surface area contributed by atoms with Gasteiger partial charge in [0, 0.05) is 45.0 Å². The highest BCUT2D eigenvalue weighted by molar-refractivity contribution is 5.94. The molecule has 4 rings (SSSR count). The predicted octanol–water partition coefficient (Wildman–Crippen LogP) is 2.36. The van der Waals surface area contributed by atoms with E-state index in [2.05, 4.69) is 14.9 Å². The third-order valence-electron chi connectivity index (χ3n) is 5.54. The summed E-state index contributed by atoms with van der Waals surface area (Å²) in [6.45, 7) is 5.69. The summed E-state index contributed by atoms with van der Waals surface area (Å²) in [5.74, 6) is 0.750. The van der Waals surface area contributed by atoms with Gasteiger partial charge in [-0.15, -0.1) is 0 Å². The van der Waals surface area contributed by atoms with Gasteiger partial charge in [-0.2, -0.15) is 0 Å². The van der Waals surface area contributed by atoms with Gasteiger partial charge in [0.2, 0.25) is 5.95 Å². The zero-order valence-electron chi connectivity index (χ0n) is 16.8. The van der Waals surface area contributed by atoms with E-state index in [4.69, 9.17) is 4.42 Å². The minimum absolute atomic E-state index is 0.100. The van der Waals surface area contributed by atoms with Gasteiger partial charge in [-0.25, -0.2) is 9.97 Å². The van der Waals surface area contributed by atoms with Crippen molar-refractivity contribution in [3.63, 3.8) is 0 Å². The Labute approximate surface area is 170 Å². The lowest BCUT2D eigenvalue weighted by Crippen LogP contribution is -2.50.